The summed E-state index contributed by atoms with van der Waals surface area (Å²) < 4.78 is 136. The van der Waals surface area contributed by atoms with Crippen molar-refractivity contribution in [1.82, 2.24) is 0 Å². The molecule has 0 bridgehead atoms. The number of nitrogens with zero attached hydrogens (tertiary/aromatic N) is 1. The molecule has 0 amide bonds. The second-order valence-corrected chi connectivity index (χ2v) is 10.2. The average Bonchev–Trinajstić information content (AvgIpc) is 3.13. The van der Waals surface area contributed by atoms with E-state index in [0.29, 0.717) is 0 Å². The van der Waals surface area contributed by atoms with Crippen LogP contribution in [0, 0.1) is 5.82 Å². The molecule has 42 heavy (non-hydrogen) atoms. The predicted octanol–water partition coefficient (Wildman–Crippen LogP) is 6.68. The number of nitrogens with one attached hydrogen (secondary N) is 1. The number of ether oxygens (including phenoxy) is 1. The highest BCUT2D eigenvalue weighted by Gasteiger charge is 2.44. The van der Waals surface area contributed by atoms with Crippen LogP contribution in [0.15, 0.2) is 89.4 Å². The average molecular weight is 629 g/mol. The molecule has 0 radical (unpaired) electrons. The van der Waals surface area contributed by atoms with Crippen molar-refractivity contribution in [2.45, 2.75) is 49.7 Å². The van der Waals surface area contributed by atoms with E-state index >= 15 is 0 Å². The molecular formula is C27H28F8N2O4S. The Labute approximate surface area is 237 Å². The molecule has 0 heterocycles. The molecule has 0 saturated carbocycles. The monoisotopic (exact) mass is 628 g/mol. The normalized spacial score (nSPS) is 16.3. The summed E-state index contributed by atoms with van der Waals surface area (Å²) in [5, 5.41) is 9.72. The minimum absolute atomic E-state index is 0.0298. The number of alkyl halides is 7. The third-order valence-electron chi connectivity index (χ3n) is 5.39. The van der Waals surface area contributed by atoms with Gasteiger partial charge in [-0.25, -0.2) is 21.6 Å². The quantitative estimate of drug-likeness (QED) is 0.272. The number of anilines is 2. The van der Waals surface area contributed by atoms with Crippen LogP contribution in [0.5, 0.6) is 0 Å². The highest BCUT2D eigenvalue weighted by atomic mass is 32.2. The van der Waals surface area contributed by atoms with Crippen molar-refractivity contribution in [3.63, 3.8) is 0 Å². The Kier molecular flexibility index (Phi) is 12.1. The second-order valence-electron chi connectivity index (χ2n) is 8.48. The minimum Gasteiger partial charge on any atom is -0.382 e. The molecule has 6 nitrogen and oxygen atoms in total. The Bertz CT molecular complexity index is 1360. The number of hydrogen-bond donors (Lipinski definition) is 2. The van der Waals surface area contributed by atoms with E-state index in [1.165, 1.54) is 42.5 Å². The Balaban J connectivity index is 0.00000301. The smallest absolute Gasteiger partial charge is 0.382 e. The first-order valence-corrected chi connectivity index (χ1v) is 13.8. The number of halogens is 8. The van der Waals surface area contributed by atoms with Crippen LogP contribution < -0.4 is 9.62 Å². The summed E-state index contributed by atoms with van der Waals surface area (Å²) in [7, 11) is -4.20. The molecule has 3 rings (SSSR count). The Morgan fingerprint density at radius 2 is 1.67 bits per heavy atom. The van der Waals surface area contributed by atoms with Crippen LogP contribution in [0.25, 0.3) is 0 Å². The molecular weight excluding hydrogens is 600 g/mol. The molecule has 0 aromatic heterocycles. The number of hydrogen-bond acceptors (Lipinski definition) is 5. The minimum atomic E-state index is -5.01. The summed E-state index contributed by atoms with van der Waals surface area (Å²) in [6, 6.07) is 9.05. The van der Waals surface area contributed by atoms with Crippen molar-refractivity contribution < 1.29 is 53.4 Å². The van der Waals surface area contributed by atoms with Crippen molar-refractivity contribution in [3.05, 3.63) is 90.3 Å². The van der Waals surface area contributed by atoms with Crippen LogP contribution in [-0.2, 0) is 14.8 Å². The topological polar surface area (TPSA) is 78.9 Å². The van der Waals surface area contributed by atoms with Gasteiger partial charge in [0.15, 0.2) is 6.10 Å². The molecule has 0 spiro atoms. The first-order valence-electron chi connectivity index (χ1n) is 12.3. The number of aliphatic hydroxyl groups is 1. The van der Waals surface area contributed by atoms with Crippen LogP contribution in [-0.4, -0.2) is 57.5 Å². The molecule has 232 valence electrons. The summed E-state index contributed by atoms with van der Waals surface area (Å²) in [5.74, 6) is -0.669. The largest absolute Gasteiger partial charge is 0.417 e. The van der Waals surface area contributed by atoms with Gasteiger partial charge in [0.1, 0.15) is 11.9 Å². The van der Waals surface area contributed by atoms with E-state index < -0.39 is 53.3 Å². The van der Waals surface area contributed by atoms with Gasteiger partial charge in [0.2, 0.25) is 0 Å². The van der Waals surface area contributed by atoms with Gasteiger partial charge < -0.3 is 14.7 Å². The Hall–Kier alpha value is -3.43. The lowest BCUT2D eigenvalue weighted by atomic mass is 10.1. The second kappa shape index (κ2) is 14.6. The van der Waals surface area contributed by atoms with Crippen molar-refractivity contribution in [2.75, 3.05) is 22.7 Å². The fraction of sp³-hybridized carbons (Fsp3) is 0.333. The molecule has 2 N–H and O–H groups in total. The van der Waals surface area contributed by atoms with Gasteiger partial charge in [0.25, 0.3) is 10.0 Å². The third kappa shape index (κ3) is 10.1. The molecule has 2 unspecified atom stereocenters. The lowest BCUT2D eigenvalue weighted by Gasteiger charge is -2.29. The maximum Gasteiger partial charge on any atom is 0.417 e. The van der Waals surface area contributed by atoms with Crippen molar-refractivity contribution in [3.8, 4) is 0 Å². The van der Waals surface area contributed by atoms with Gasteiger partial charge in [-0.3, -0.25) is 4.72 Å². The summed E-state index contributed by atoms with van der Waals surface area (Å²) in [6.45, 7) is 2.65. The molecule has 1 aliphatic carbocycles. The van der Waals surface area contributed by atoms with Gasteiger partial charge in [-0.15, -0.1) is 0 Å². The van der Waals surface area contributed by atoms with Crippen molar-refractivity contribution in [2.24, 2.45) is 0 Å². The standard InChI is InChI=1S/C25H22F8N2O4S.C2H6/c26-17-8-11-21(12-9-17)40(37,38)34-18-4-2-5-19(13-18)35(15-22(36)24(29,30)31)14-16-3-1-6-20(10-7-16)39-25(32,33)23(27)28;1-2/h1-13,20,22-23,34,36H,14-15H2;1-2H3. The number of aliphatic hydroxyl groups excluding tert-OH is 1. The highest BCUT2D eigenvalue weighted by Crippen LogP contribution is 2.29. The van der Waals surface area contributed by atoms with Crippen LogP contribution >= 0.6 is 0 Å². The van der Waals surface area contributed by atoms with E-state index in [1.54, 1.807) is 0 Å². The zero-order chi connectivity index (χ0) is 31.7. The zero-order valence-corrected chi connectivity index (χ0v) is 23.0. The molecule has 2 aromatic rings. The highest BCUT2D eigenvalue weighted by molar-refractivity contribution is 7.92. The predicted molar refractivity (Wildman–Crippen MR) is 141 cm³/mol. The van der Waals surface area contributed by atoms with Gasteiger partial charge in [0, 0.05) is 12.2 Å². The van der Waals surface area contributed by atoms with E-state index in [-0.39, 0.29) is 28.4 Å². The van der Waals surface area contributed by atoms with E-state index in [4.69, 9.17) is 0 Å². The first-order chi connectivity index (χ1) is 19.6. The molecule has 15 heteroatoms. The number of allylic oxidation sites excluding steroid dienone is 2. The lowest BCUT2D eigenvalue weighted by molar-refractivity contribution is -0.306. The van der Waals surface area contributed by atoms with Crippen LogP contribution in [0.3, 0.4) is 0 Å². The maximum absolute atomic E-state index is 13.3. The Morgan fingerprint density at radius 3 is 2.26 bits per heavy atom. The third-order valence-corrected chi connectivity index (χ3v) is 6.79. The van der Waals surface area contributed by atoms with Crippen molar-refractivity contribution >= 4 is 21.4 Å². The molecule has 0 fully saturated rings. The van der Waals surface area contributed by atoms with E-state index in [0.717, 1.165) is 41.3 Å². The molecule has 1 aliphatic rings. The van der Waals surface area contributed by atoms with E-state index in [1.807, 2.05) is 13.8 Å². The van der Waals surface area contributed by atoms with Crippen LogP contribution in [0.4, 0.5) is 46.5 Å². The summed E-state index contributed by atoms with van der Waals surface area (Å²) in [6.07, 6.45) is -12.5. The molecule has 2 aromatic carbocycles. The van der Waals surface area contributed by atoms with Crippen molar-refractivity contribution in [1.29, 1.82) is 0 Å². The first kappa shape index (κ1) is 34.8. The molecule has 0 aliphatic heterocycles. The van der Waals surface area contributed by atoms with E-state index in [9.17, 15) is 48.6 Å². The fourth-order valence-electron chi connectivity index (χ4n) is 3.43. The Morgan fingerprint density at radius 1 is 1.02 bits per heavy atom. The summed E-state index contributed by atoms with van der Waals surface area (Å²) in [5.41, 5.74) is 0.179. The number of rotatable bonds is 11. The maximum atomic E-state index is 13.3. The number of benzene rings is 2. The molecule has 2 atom stereocenters. The molecule has 0 saturated heterocycles. The van der Waals surface area contributed by atoms with Gasteiger partial charge in [-0.1, -0.05) is 50.3 Å². The summed E-state index contributed by atoms with van der Waals surface area (Å²) >= 11 is 0. The van der Waals surface area contributed by atoms with Gasteiger partial charge in [-0.05, 0) is 48.0 Å². The summed E-state index contributed by atoms with van der Waals surface area (Å²) in [4.78, 5) is 0.769. The van der Waals surface area contributed by atoms with Gasteiger partial charge in [-0.2, -0.15) is 22.0 Å². The lowest BCUT2D eigenvalue weighted by Crippen LogP contribution is -2.41. The fourth-order valence-corrected chi connectivity index (χ4v) is 4.48. The SMILES string of the molecule is CC.O=S(=O)(Nc1cccc(N(CC2=CC=CC(OC(F)(F)C(F)F)C=C2)CC(O)C(F)(F)F)c1)c1ccc(F)cc1. The zero-order valence-electron chi connectivity index (χ0n) is 22.2. The van der Waals surface area contributed by atoms with Crippen LogP contribution in [0.1, 0.15) is 13.8 Å². The van der Waals surface area contributed by atoms with E-state index in [2.05, 4.69) is 9.46 Å². The van der Waals surface area contributed by atoms with Crippen LogP contribution in [0.2, 0.25) is 0 Å². The van der Waals surface area contributed by atoms with Gasteiger partial charge in [0.05, 0.1) is 17.1 Å². The van der Waals surface area contributed by atoms with Gasteiger partial charge >= 0.3 is 18.7 Å². The number of sulfonamides is 1.